The van der Waals surface area contributed by atoms with Crippen LogP contribution in [0.3, 0.4) is 0 Å². The molecule has 0 bridgehead atoms. The fourth-order valence-corrected chi connectivity index (χ4v) is 1.52. The number of nitrogens with two attached hydrogens (primary N) is 1. The molecule has 0 aliphatic rings. The Morgan fingerprint density at radius 1 is 1.50 bits per heavy atom. The molecule has 0 fully saturated rings. The minimum atomic E-state index is -0.506. The molecule has 84 valence electrons. The topological polar surface area (TPSA) is 78.8 Å². The van der Waals surface area contributed by atoms with Gasteiger partial charge in [0.15, 0.2) is 5.65 Å². The number of esters is 1. The summed E-state index contributed by atoms with van der Waals surface area (Å²) >= 11 is 0. The molecule has 16 heavy (non-hydrogen) atoms. The molecule has 2 aromatic heterocycles. The summed E-state index contributed by atoms with van der Waals surface area (Å²) < 4.78 is 11.4. The number of nitrogens with zero attached hydrogens (tertiary/aromatic N) is 2. The highest BCUT2D eigenvalue weighted by Gasteiger charge is 2.19. The van der Waals surface area contributed by atoms with E-state index in [1.807, 2.05) is 0 Å². The Morgan fingerprint density at radius 3 is 2.88 bits per heavy atom. The average Bonchev–Trinajstić information content (AvgIpc) is 2.69. The van der Waals surface area contributed by atoms with Crippen LogP contribution in [0, 0.1) is 0 Å². The first-order valence-electron chi connectivity index (χ1n) is 4.57. The van der Waals surface area contributed by atoms with Crippen molar-refractivity contribution in [2.75, 3.05) is 20.0 Å². The van der Waals surface area contributed by atoms with Crippen molar-refractivity contribution in [2.24, 2.45) is 0 Å². The molecule has 0 amide bonds. The fraction of sp³-hybridized carbons (Fsp3) is 0.200. The summed E-state index contributed by atoms with van der Waals surface area (Å²) in [4.78, 5) is 15.7. The second-order valence-electron chi connectivity index (χ2n) is 3.13. The quantitative estimate of drug-likeness (QED) is 0.755. The fourth-order valence-electron chi connectivity index (χ4n) is 1.52. The predicted molar refractivity (Wildman–Crippen MR) is 57.5 cm³/mol. The number of hydrogen-bond donors (Lipinski definition) is 1. The maximum Gasteiger partial charge on any atom is 0.345 e. The molecule has 6 nitrogen and oxygen atoms in total. The molecule has 0 saturated carbocycles. The van der Waals surface area contributed by atoms with Gasteiger partial charge in [0.1, 0.15) is 17.1 Å². The van der Waals surface area contributed by atoms with Crippen LogP contribution in [0.1, 0.15) is 10.4 Å². The summed E-state index contributed by atoms with van der Waals surface area (Å²) in [6, 6.07) is 1.64. The monoisotopic (exact) mass is 221 g/mol. The maximum atomic E-state index is 11.6. The van der Waals surface area contributed by atoms with E-state index >= 15 is 0 Å². The van der Waals surface area contributed by atoms with Crippen LogP contribution < -0.4 is 10.5 Å². The summed E-state index contributed by atoms with van der Waals surface area (Å²) in [6.45, 7) is 0. The molecule has 0 aliphatic heterocycles. The lowest BCUT2D eigenvalue weighted by Crippen LogP contribution is -2.07. The van der Waals surface area contributed by atoms with Crippen LogP contribution in [-0.4, -0.2) is 29.6 Å². The van der Waals surface area contributed by atoms with Gasteiger partial charge in [-0.3, -0.25) is 4.40 Å². The van der Waals surface area contributed by atoms with Gasteiger partial charge in [0.05, 0.1) is 20.4 Å². The van der Waals surface area contributed by atoms with Gasteiger partial charge in [-0.2, -0.15) is 0 Å². The van der Waals surface area contributed by atoms with Crippen molar-refractivity contribution in [1.29, 1.82) is 0 Å². The molecule has 6 heteroatoms. The van der Waals surface area contributed by atoms with E-state index in [1.54, 1.807) is 16.7 Å². The number of anilines is 1. The Labute approximate surface area is 91.6 Å². The minimum absolute atomic E-state index is 0.268. The number of carbonyl (C=O) groups excluding carboxylic acids is 1. The first-order chi connectivity index (χ1) is 7.69. The van der Waals surface area contributed by atoms with E-state index in [4.69, 9.17) is 10.5 Å². The second kappa shape index (κ2) is 3.73. The van der Waals surface area contributed by atoms with Crippen molar-refractivity contribution in [3.05, 3.63) is 24.0 Å². The number of rotatable bonds is 2. The molecule has 2 rings (SSSR count). The number of hydrogen-bond acceptors (Lipinski definition) is 5. The number of fused-ring (bicyclic) bond motifs is 1. The number of ether oxygens (including phenoxy) is 2. The third-order valence-corrected chi connectivity index (χ3v) is 2.28. The zero-order chi connectivity index (χ0) is 11.7. The van der Waals surface area contributed by atoms with Crippen molar-refractivity contribution in [2.45, 2.75) is 0 Å². The van der Waals surface area contributed by atoms with E-state index in [0.717, 1.165) is 0 Å². The van der Waals surface area contributed by atoms with Gasteiger partial charge >= 0.3 is 5.97 Å². The third kappa shape index (κ3) is 1.35. The van der Waals surface area contributed by atoms with Crippen molar-refractivity contribution in [1.82, 2.24) is 9.38 Å². The third-order valence-electron chi connectivity index (χ3n) is 2.28. The molecular formula is C10H11N3O3. The van der Waals surface area contributed by atoms with Crippen LogP contribution >= 0.6 is 0 Å². The first kappa shape index (κ1) is 10.3. The van der Waals surface area contributed by atoms with Gasteiger partial charge in [-0.15, -0.1) is 0 Å². The van der Waals surface area contributed by atoms with Crippen LogP contribution in [0.5, 0.6) is 5.75 Å². The average molecular weight is 221 g/mol. The Bertz CT molecular complexity index is 547. The highest BCUT2D eigenvalue weighted by atomic mass is 16.5. The van der Waals surface area contributed by atoms with Crippen LogP contribution in [0.25, 0.3) is 5.65 Å². The molecule has 0 saturated heterocycles. The van der Waals surface area contributed by atoms with E-state index in [2.05, 4.69) is 9.72 Å². The lowest BCUT2D eigenvalue weighted by molar-refractivity contribution is 0.0598. The molecule has 0 radical (unpaired) electrons. The predicted octanol–water partition coefficient (Wildman–Crippen LogP) is 0.712. The van der Waals surface area contributed by atoms with Gasteiger partial charge in [0.25, 0.3) is 0 Å². The SMILES string of the molecule is COC(=O)c1c(OC)ccn2c(N)cnc12. The van der Waals surface area contributed by atoms with Gasteiger partial charge < -0.3 is 15.2 Å². The smallest absolute Gasteiger partial charge is 0.345 e. The van der Waals surface area contributed by atoms with Gasteiger partial charge in [-0.1, -0.05) is 0 Å². The summed E-state index contributed by atoms with van der Waals surface area (Å²) in [7, 11) is 2.78. The molecule has 0 atom stereocenters. The maximum absolute atomic E-state index is 11.6. The number of nitrogen functional groups attached to an aromatic ring is 1. The van der Waals surface area contributed by atoms with E-state index in [0.29, 0.717) is 17.2 Å². The van der Waals surface area contributed by atoms with Gasteiger partial charge in [0, 0.05) is 6.20 Å². The second-order valence-corrected chi connectivity index (χ2v) is 3.13. The molecule has 2 aromatic rings. The van der Waals surface area contributed by atoms with Crippen molar-refractivity contribution < 1.29 is 14.3 Å². The molecule has 0 aromatic carbocycles. The van der Waals surface area contributed by atoms with E-state index < -0.39 is 5.97 Å². The number of imidazole rings is 1. The van der Waals surface area contributed by atoms with E-state index in [9.17, 15) is 4.79 Å². The molecule has 0 spiro atoms. The Kier molecular flexibility index (Phi) is 2.40. The zero-order valence-corrected chi connectivity index (χ0v) is 8.93. The van der Waals surface area contributed by atoms with E-state index in [-0.39, 0.29) is 5.56 Å². The van der Waals surface area contributed by atoms with Crippen LogP contribution in [0.2, 0.25) is 0 Å². The van der Waals surface area contributed by atoms with E-state index in [1.165, 1.54) is 20.4 Å². The lowest BCUT2D eigenvalue weighted by atomic mass is 10.2. The minimum Gasteiger partial charge on any atom is -0.496 e. The zero-order valence-electron chi connectivity index (χ0n) is 8.93. The number of pyridine rings is 1. The summed E-state index contributed by atoms with van der Waals surface area (Å²) in [5, 5.41) is 0. The first-order valence-corrected chi connectivity index (χ1v) is 4.57. The normalized spacial score (nSPS) is 10.4. The van der Waals surface area contributed by atoms with Crippen LogP contribution in [0.15, 0.2) is 18.5 Å². The summed E-state index contributed by atoms with van der Waals surface area (Å²) in [5.74, 6) is 0.348. The summed E-state index contributed by atoms with van der Waals surface area (Å²) in [5.41, 5.74) is 6.37. The standard InChI is InChI=1S/C10H11N3O3/c1-15-6-3-4-13-7(11)5-12-9(13)8(6)10(14)16-2/h3-5H,11H2,1-2H3. The Hall–Kier alpha value is -2.24. The van der Waals surface area contributed by atoms with Gasteiger partial charge in [-0.05, 0) is 6.07 Å². The van der Waals surface area contributed by atoms with Crippen LogP contribution in [0.4, 0.5) is 5.82 Å². The van der Waals surface area contributed by atoms with Crippen molar-refractivity contribution >= 4 is 17.4 Å². The largest absolute Gasteiger partial charge is 0.496 e. The van der Waals surface area contributed by atoms with Gasteiger partial charge in [-0.25, -0.2) is 9.78 Å². The number of aromatic nitrogens is 2. The van der Waals surface area contributed by atoms with Crippen molar-refractivity contribution in [3.63, 3.8) is 0 Å². The molecular weight excluding hydrogens is 210 g/mol. The lowest BCUT2D eigenvalue weighted by Gasteiger charge is -2.08. The Morgan fingerprint density at radius 2 is 2.25 bits per heavy atom. The molecule has 2 N–H and O–H groups in total. The highest BCUT2D eigenvalue weighted by Crippen LogP contribution is 2.24. The van der Waals surface area contributed by atoms with Gasteiger partial charge in [0.2, 0.25) is 0 Å². The van der Waals surface area contributed by atoms with Crippen molar-refractivity contribution in [3.8, 4) is 5.75 Å². The summed E-state index contributed by atoms with van der Waals surface area (Å²) in [6.07, 6.45) is 3.16. The molecule has 2 heterocycles. The molecule has 0 unspecified atom stereocenters. The van der Waals surface area contributed by atoms with Crippen LogP contribution in [-0.2, 0) is 4.74 Å². The Balaban J connectivity index is 2.78. The molecule has 0 aliphatic carbocycles. The number of carbonyl (C=O) groups is 1. The highest BCUT2D eigenvalue weighted by molar-refractivity contribution is 5.99. The number of methoxy groups -OCH3 is 2.